The molecule has 5 heteroatoms. The van der Waals surface area contributed by atoms with E-state index in [1.54, 1.807) is 38.1 Å². The Morgan fingerprint density at radius 3 is 2.41 bits per heavy atom. The fraction of sp³-hybridized carbons (Fsp3) is 0.333. The molecule has 0 radical (unpaired) electrons. The second-order valence-corrected chi connectivity index (χ2v) is 4.35. The fourth-order valence-electron chi connectivity index (χ4n) is 1.38. The van der Waals surface area contributed by atoms with Gasteiger partial charge in [0.1, 0.15) is 5.75 Å². The predicted octanol–water partition coefficient (Wildman–Crippen LogP) is 1.43. The Balaban J connectivity index is 2.52. The Morgan fingerprint density at radius 2 is 1.88 bits per heavy atom. The smallest absolute Gasteiger partial charge is 0.410 e. The monoisotopic (exact) mass is 236 g/mol. The van der Waals surface area contributed by atoms with Crippen LogP contribution in [0.1, 0.15) is 20.3 Å². The lowest BCUT2D eigenvalue weighted by atomic mass is 10.0. The van der Waals surface area contributed by atoms with Crippen molar-refractivity contribution in [1.82, 2.24) is 5.32 Å². The summed E-state index contributed by atoms with van der Waals surface area (Å²) in [6.45, 7) is 3.40. The molecule has 5 nitrogen and oxygen atoms in total. The summed E-state index contributed by atoms with van der Waals surface area (Å²) in [4.78, 5) is 22.3. The minimum Gasteiger partial charge on any atom is -0.410 e. The van der Waals surface area contributed by atoms with Gasteiger partial charge in [-0.05, 0) is 26.0 Å². The van der Waals surface area contributed by atoms with Gasteiger partial charge in [0.25, 0.3) is 0 Å². The third-order valence-corrected chi connectivity index (χ3v) is 2.01. The molecule has 0 heterocycles. The first kappa shape index (κ1) is 13.0. The molecule has 0 aliphatic heterocycles. The first-order valence-electron chi connectivity index (χ1n) is 5.22. The molecule has 92 valence electrons. The molecule has 1 aromatic carbocycles. The molecular weight excluding hydrogens is 220 g/mol. The first-order chi connectivity index (χ1) is 7.89. The van der Waals surface area contributed by atoms with Crippen LogP contribution in [0.5, 0.6) is 5.75 Å². The van der Waals surface area contributed by atoms with Crippen LogP contribution in [0.2, 0.25) is 0 Å². The zero-order valence-corrected chi connectivity index (χ0v) is 9.90. The molecule has 3 N–H and O–H groups in total. The molecule has 0 saturated carbocycles. The summed E-state index contributed by atoms with van der Waals surface area (Å²) in [5.41, 5.74) is 4.35. The van der Waals surface area contributed by atoms with Crippen LogP contribution in [0, 0.1) is 0 Å². The van der Waals surface area contributed by atoms with Gasteiger partial charge in [-0.3, -0.25) is 4.79 Å². The molecule has 0 aliphatic rings. The molecule has 0 aliphatic carbocycles. The normalized spacial score (nSPS) is 10.7. The molecule has 1 rings (SSSR count). The van der Waals surface area contributed by atoms with Crippen LogP contribution in [0.15, 0.2) is 30.3 Å². The number of carbonyl (C=O) groups is 2. The lowest BCUT2D eigenvalue weighted by Gasteiger charge is -2.23. The van der Waals surface area contributed by atoms with Gasteiger partial charge >= 0.3 is 6.09 Å². The number of carbonyl (C=O) groups excluding carboxylic acids is 2. The zero-order chi connectivity index (χ0) is 12.9. The zero-order valence-electron chi connectivity index (χ0n) is 9.90. The highest BCUT2D eigenvalue weighted by atomic mass is 16.6. The van der Waals surface area contributed by atoms with E-state index in [0.717, 1.165) is 0 Å². The van der Waals surface area contributed by atoms with E-state index in [1.165, 1.54) is 0 Å². The molecule has 0 unspecified atom stereocenters. The van der Waals surface area contributed by atoms with Crippen molar-refractivity contribution < 1.29 is 14.3 Å². The summed E-state index contributed by atoms with van der Waals surface area (Å²) in [7, 11) is 0. The van der Waals surface area contributed by atoms with Crippen molar-refractivity contribution in [2.45, 2.75) is 25.8 Å². The van der Waals surface area contributed by atoms with Crippen LogP contribution in [-0.2, 0) is 4.79 Å². The van der Waals surface area contributed by atoms with Crippen molar-refractivity contribution in [3.8, 4) is 5.75 Å². The number of para-hydroxylation sites is 1. The third kappa shape index (κ3) is 5.01. The quantitative estimate of drug-likeness (QED) is 0.829. The molecule has 0 saturated heterocycles. The highest BCUT2D eigenvalue weighted by molar-refractivity contribution is 5.77. The van der Waals surface area contributed by atoms with E-state index >= 15 is 0 Å². The molecule has 0 aromatic heterocycles. The minimum absolute atomic E-state index is 0.0525. The van der Waals surface area contributed by atoms with Gasteiger partial charge in [-0.25, -0.2) is 4.79 Å². The molecule has 0 fully saturated rings. The maximum absolute atomic E-state index is 11.5. The molecule has 0 atom stereocenters. The van der Waals surface area contributed by atoms with E-state index in [4.69, 9.17) is 10.5 Å². The average Bonchev–Trinajstić information content (AvgIpc) is 2.15. The molecule has 1 aromatic rings. The van der Waals surface area contributed by atoms with Crippen LogP contribution >= 0.6 is 0 Å². The SMILES string of the molecule is CC(C)(CC(N)=O)NC(=O)Oc1ccccc1. The van der Waals surface area contributed by atoms with Gasteiger partial charge in [0.2, 0.25) is 5.91 Å². The Bertz CT molecular complexity index is 401. The second-order valence-electron chi connectivity index (χ2n) is 4.35. The van der Waals surface area contributed by atoms with Gasteiger partial charge in [0.15, 0.2) is 0 Å². The van der Waals surface area contributed by atoms with E-state index in [2.05, 4.69) is 5.32 Å². The number of nitrogens with two attached hydrogens (primary N) is 1. The Kier molecular flexibility index (Phi) is 4.09. The van der Waals surface area contributed by atoms with Gasteiger partial charge in [0, 0.05) is 12.0 Å². The number of primary amides is 1. The molecular formula is C12H16N2O3. The van der Waals surface area contributed by atoms with Crippen molar-refractivity contribution in [2.24, 2.45) is 5.73 Å². The summed E-state index contributed by atoms with van der Waals surface area (Å²) >= 11 is 0. The van der Waals surface area contributed by atoms with Gasteiger partial charge < -0.3 is 15.8 Å². The van der Waals surface area contributed by atoms with Crippen molar-refractivity contribution in [3.63, 3.8) is 0 Å². The van der Waals surface area contributed by atoms with Gasteiger partial charge in [-0.1, -0.05) is 18.2 Å². The topological polar surface area (TPSA) is 81.4 Å². The van der Waals surface area contributed by atoms with Gasteiger partial charge in [-0.2, -0.15) is 0 Å². The van der Waals surface area contributed by atoms with E-state index in [9.17, 15) is 9.59 Å². The molecule has 17 heavy (non-hydrogen) atoms. The third-order valence-electron chi connectivity index (χ3n) is 2.01. The second kappa shape index (κ2) is 5.34. The number of hydrogen-bond donors (Lipinski definition) is 2. The van der Waals surface area contributed by atoms with Gasteiger partial charge in [-0.15, -0.1) is 0 Å². The average molecular weight is 236 g/mol. The van der Waals surface area contributed by atoms with E-state index in [-0.39, 0.29) is 6.42 Å². The fourth-order valence-corrected chi connectivity index (χ4v) is 1.38. The summed E-state index contributed by atoms with van der Waals surface area (Å²) in [6.07, 6.45) is -0.556. The number of benzene rings is 1. The Labute approximate surface area is 99.9 Å². The molecule has 0 bridgehead atoms. The van der Waals surface area contributed by atoms with Crippen LogP contribution < -0.4 is 15.8 Å². The summed E-state index contributed by atoms with van der Waals surface area (Å²) in [5.74, 6) is -0.0325. The highest BCUT2D eigenvalue weighted by Gasteiger charge is 2.23. The summed E-state index contributed by atoms with van der Waals surface area (Å²) < 4.78 is 5.03. The first-order valence-corrected chi connectivity index (χ1v) is 5.22. The van der Waals surface area contributed by atoms with Crippen LogP contribution in [0.4, 0.5) is 4.79 Å². The maximum Gasteiger partial charge on any atom is 0.413 e. The standard InChI is InChI=1S/C12H16N2O3/c1-12(2,8-10(13)15)14-11(16)17-9-6-4-3-5-7-9/h3-7H,8H2,1-2H3,(H2,13,15)(H,14,16). The predicted molar refractivity (Wildman–Crippen MR) is 63.5 cm³/mol. The summed E-state index contributed by atoms with van der Waals surface area (Å²) in [6, 6.07) is 8.68. The molecule has 2 amide bonds. The van der Waals surface area contributed by atoms with Crippen molar-refractivity contribution >= 4 is 12.0 Å². The van der Waals surface area contributed by atoms with E-state index < -0.39 is 17.5 Å². The number of amides is 2. The van der Waals surface area contributed by atoms with Crippen LogP contribution in [0.25, 0.3) is 0 Å². The van der Waals surface area contributed by atoms with Crippen LogP contribution in [0.3, 0.4) is 0 Å². The number of rotatable bonds is 4. The maximum atomic E-state index is 11.5. The highest BCUT2D eigenvalue weighted by Crippen LogP contribution is 2.11. The van der Waals surface area contributed by atoms with Crippen LogP contribution in [-0.4, -0.2) is 17.5 Å². The van der Waals surface area contributed by atoms with Crippen molar-refractivity contribution in [2.75, 3.05) is 0 Å². The Morgan fingerprint density at radius 1 is 1.29 bits per heavy atom. The van der Waals surface area contributed by atoms with Crippen molar-refractivity contribution in [1.29, 1.82) is 0 Å². The number of nitrogens with one attached hydrogen (secondary N) is 1. The number of hydrogen-bond acceptors (Lipinski definition) is 3. The lowest BCUT2D eigenvalue weighted by molar-refractivity contribution is -0.119. The minimum atomic E-state index is -0.725. The number of ether oxygens (including phenoxy) is 1. The van der Waals surface area contributed by atoms with Crippen molar-refractivity contribution in [3.05, 3.63) is 30.3 Å². The largest absolute Gasteiger partial charge is 0.413 e. The Hall–Kier alpha value is -2.04. The van der Waals surface area contributed by atoms with Gasteiger partial charge in [0.05, 0.1) is 0 Å². The van der Waals surface area contributed by atoms with E-state index in [0.29, 0.717) is 5.75 Å². The lowest BCUT2D eigenvalue weighted by Crippen LogP contribution is -2.47. The van der Waals surface area contributed by atoms with E-state index in [1.807, 2.05) is 6.07 Å². The summed E-state index contributed by atoms with van der Waals surface area (Å²) in [5, 5.41) is 2.57. The molecule has 0 spiro atoms.